The molecular weight excluding hydrogens is 244 g/mol. The first kappa shape index (κ1) is 11.5. The third-order valence-electron chi connectivity index (χ3n) is 2.17. The largest absolute Gasteiger partial charge is 0.386 e. The van der Waals surface area contributed by atoms with Crippen LogP contribution in [-0.4, -0.2) is 14.9 Å². The summed E-state index contributed by atoms with van der Waals surface area (Å²) in [4.78, 5) is 0. The first-order valence-corrected chi connectivity index (χ1v) is 5.41. The number of aliphatic hydroxyl groups is 1. The normalized spacial score (nSPS) is 12.9. The van der Waals surface area contributed by atoms with Gasteiger partial charge in [0.05, 0.1) is 10.2 Å². The van der Waals surface area contributed by atoms with E-state index in [0.29, 0.717) is 12.1 Å². The van der Waals surface area contributed by atoms with Gasteiger partial charge < -0.3 is 5.11 Å². The molecule has 14 heavy (non-hydrogen) atoms. The van der Waals surface area contributed by atoms with Gasteiger partial charge in [0, 0.05) is 7.05 Å². The molecule has 1 aromatic rings. The van der Waals surface area contributed by atoms with Gasteiger partial charge in [0.2, 0.25) is 0 Å². The lowest BCUT2D eigenvalue weighted by molar-refractivity contribution is 0.175. The second-order valence-corrected chi connectivity index (χ2v) is 3.96. The Morgan fingerprint density at radius 2 is 2.36 bits per heavy atom. The summed E-state index contributed by atoms with van der Waals surface area (Å²) in [5, 5.41) is 14.0. The van der Waals surface area contributed by atoms with Gasteiger partial charge in [-0.15, -0.1) is 6.58 Å². The molecule has 0 bridgehead atoms. The minimum atomic E-state index is -0.562. The third-order valence-corrected chi connectivity index (χ3v) is 3.03. The van der Waals surface area contributed by atoms with Crippen LogP contribution >= 0.6 is 15.9 Å². The summed E-state index contributed by atoms with van der Waals surface area (Å²) in [6, 6.07) is 0. The molecule has 0 saturated heterocycles. The van der Waals surface area contributed by atoms with Crippen molar-refractivity contribution in [2.24, 2.45) is 7.05 Å². The van der Waals surface area contributed by atoms with Gasteiger partial charge in [-0.25, -0.2) is 0 Å². The first-order valence-electron chi connectivity index (χ1n) is 4.62. The Morgan fingerprint density at radius 1 is 1.71 bits per heavy atom. The topological polar surface area (TPSA) is 38.1 Å². The number of hydrogen-bond donors (Lipinski definition) is 1. The van der Waals surface area contributed by atoms with Crippen LogP contribution in [0.15, 0.2) is 17.1 Å². The third kappa shape index (κ3) is 2.07. The quantitative estimate of drug-likeness (QED) is 0.843. The van der Waals surface area contributed by atoms with Crippen molar-refractivity contribution in [3.63, 3.8) is 0 Å². The molecule has 4 heteroatoms. The SMILES string of the molecule is C=CC[C@@H](O)c1nn(C)c(CC)c1Br. The zero-order valence-corrected chi connectivity index (χ0v) is 10.1. The monoisotopic (exact) mass is 258 g/mol. The van der Waals surface area contributed by atoms with Crippen LogP contribution in [-0.2, 0) is 13.5 Å². The van der Waals surface area contributed by atoms with Gasteiger partial charge in [-0.3, -0.25) is 4.68 Å². The van der Waals surface area contributed by atoms with Gasteiger partial charge in [-0.1, -0.05) is 13.0 Å². The molecule has 0 aliphatic heterocycles. The molecular formula is C10H15BrN2O. The van der Waals surface area contributed by atoms with Gasteiger partial charge in [0.1, 0.15) is 11.8 Å². The average molecular weight is 259 g/mol. The Labute approximate surface area is 92.6 Å². The maximum Gasteiger partial charge on any atom is 0.106 e. The molecule has 0 aliphatic carbocycles. The van der Waals surface area contributed by atoms with E-state index in [2.05, 4.69) is 34.5 Å². The van der Waals surface area contributed by atoms with E-state index < -0.39 is 6.10 Å². The van der Waals surface area contributed by atoms with E-state index in [1.165, 1.54) is 0 Å². The predicted molar refractivity (Wildman–Crippen MR) is 60.1 cm³/mol. The molecule has 0 aliphatic rings. The number of aryl methyl sites for hydroxylation is 1. The van der Waals surface area contributed by atoms with Crippen LogP contribution in [0.2, 0.25) is 0 Å². The minimum Gasteiger partial charge on any atom is -0.386 e. The zero-order valence-electron chi connectivity index (χ0n) is 8.50. The fourth-order valence-corrected chi connectivity index (χ4v) is 2.30. The van der Waals surface area contributed by atoms with Crippen LogP contribution in [0.3, 0.4) is 0 Å². The molecule has 0 aromatic carbocycles. The standard InChI is InChI=1S/C10H15BrN2O/c1-4-6-8(14)10-9(11)7(5-2)13(3)12-10/h4,8,14H,1,5-6H2,2-3H3/t8-/m1/s1. The summed E-state index contributed by atoms with van der Waals surface area (Å²) < 4.78 is 2.71. The molecule has 0 radical (unpaired) electrons. The van der Waals surface area contributed by atoms with Gasteiger partial charge in [-0.2, -0.15) is 5.10 Å². The molecule has 0 unspecified atom stereocenters. The Kier molecular flexibility index (Phi) is 3.89. The molecule has 1 heterocycles. The lowest BCUT2D eigenvalue weighted by Gasteiger charge is -2.03. The molecule has 1 atom stereocenters. The van der Waals surface area contributed by atoms with E-state index >= 15 is 0 Å². The molecule has 0 fully saturated rings. The summed E-state index contributed by atoms with van der Waals surface area (Å²) in [7, 11) is 1.88. The van der Waals surface area contributed by atoms with Gasteiger partial charge in [0.15, 0.2) is 0 Å². The number of aliphatic hydroxyl groups excluding tert-OH is 1. The smallest absolute Gasteiger partial charge is 0.106 e. The number of rotatable bonds is 4. The van der Waals surface area contributed by atoms with Crippen molar-refractivity contribution in [3.8, 4) is 0 Å². The number of halogens is 1. The Hall–Kier alpha value is -0.610. The lowest BCUT2D eigenvalue weighted by atomic mass is 10.1. The predicted octanol–water partition coefficient (Wildman–Crippen LogP) is 2.35. The highest BCUT2D eigenvalue weighted by Gasteiger charge is 2.17. The molecule has 1 aromatic heterocycles. The van der Waals surface area contributed by atoms with Crippen LogP contribution in [0.1, 0.15) is 30.8 Å². The summed E-state index contributed by atoms with van der Waals surface area (Å²) in [6.45, 7) is 5.66. The second-order valence-electron chi connectivity index (χ2n) is 3.16. The molecule has 0 amide bonds. The van der Waals surface area contributed by atoms with Crippen molar-refractivity contribution in [2.45, 2.75) is 25.9 Å². The van der Waals surface area contributed by atoms with E-state index in [1.54, 1.807) is 10.8 Å². The van der Waals surface area contributed by atoms with Gasteiger partial charge >= 0.3 is 0 Å². The Balaban J connectivity index is 3.03. The highest BCUT2D eigenvalue weighted by molar-refractivity contribution is 9.10. The van der Waals surface area contributed by atoms with Crippen molar-refractivity contribution in [3.05, 3.63) is 28.5 Å². The van der Waals surface area contributed by atoms with Crippen LogP contribution in [0.25, 0.3) is 0 Å². The van der Waals surface area contributed by atoms with Crippen molar-refractivity contribution in [2.75, 3.05) is 0 Å². The highest BCUT2D eigenvalue weighted by atomic mass is 79.9. The summed E-state index contributed by atoms with van der Waals surface area (Å²) in [6.07, 6.45) is 2.55. The van der Waals surface area contributed by atoms with Crippen molar-refractivity contribution in [1.29, 1.82) is 0 Å². The second kappa shape index (κ2) is 4.75. The van der Waals surface area contributed by atoms with E-state index in [-0.39, 0.29) is 0 Å². The molecule has 1 N–H and O–H groups in total. The zero-order chi connectivity index (χ0) is 10.7. The van der Waals surface area contributed by atoms with E-state index in [4.69, 9.17) is 0 Å². The van der Waals surface area contributed by atoms with E-state index in [9.17, 15) is 5.11 Å². The lowest BCUT2D eigenvalue weighted by Crippen LogP contribution is -1.99. The first-order chi connectivity index (χ1) is 6.61. The minimum absolute atomic E-state index is 0.527. The van der Waals surface area contributed by atoms with Crippen LogP contribution < -0.4 is 0 Å². The Bertz CT molecular complexity index is 333. The van der Waals surface area contributed by atoms with Crippen molar-refractivity contribution in [1.82, 2.24) is 9.78 Å². The Morgan fingerprint density at radius 3 is 2.79 bits per heavy atom. The molecule has 78 valence electrons. The van der Waals surface area contributed by atoms with Gasteiger partial charge in [0.25, 0.3) is 0 Å². The number of aromatic nitrogens is 2. The van der Waals surface area contributed by atoms with Crippen molar-refractivity contribution >= 4 is 15.9 Å². The summed E-state index contributed by atoms with van der Waals surface area (Å²) >= 11 is 3.46. The van der Waals surface area contributed by atoms with Crippen LogP contribution in [0.5, 0.6) is 0 Å². The summed E-state index contributed by atoms with van der Waals surface area (Å²) in [5.74, 6) is 0. The molecule has 3 nitrogen and oxygen atoms in total. The number of nitrogens with zero attached hydrogens (tertiary/aromatic N) is 2. The molecule has 0 saturated carbocycles. The van der Waals surface area contributed by atoms with Crippen LogP contribution in [0.4, 0.5) is 0 Å². The molecule has 0 spiro atoms. The maximum absolute atomic E-state index is 9.76. The fourth-order valence-electron chi connectivity index (χ4n) is 1.42. The summed E-state index contributed by atoms with van der Waals surface area (Å²) in [5.41, 5.74) is 1.80. The average Bonchev–Trinajstić information content (AvgIpc) is 2.42. The van der Waals surface area contributed by atoms with E-state index in [1.807, 2.05) is 7.05 Å². The maximum atomic E-state index is 9.76. The fraction of sp³-hybridized carbons (Fsp3) is 0.500. The van der Waals surface area contributed by atoms with Gasteiger partial charge in [-0.05, 0) is 28.8 Å². The van der Waals surface area contributed by atoms with Crippen molar-refractivity contribution < 1.29 is 5.11 Å². The number of hydrogen-bond acceptors (Lipinski definition) is 2. The van der Waals surface area contributed by atoms with Crippen LogP contribution in [0, 0.1) is 0 Å². The van der Waals surface area contributed by atoms with E-state index in [0.717, 1.165) is 16.6 Å². The molecule has 1 rings (SSSR count). The highest BCUT2D eigenvalue weighted by Crippen LogP contribution is 2.28.